The minimum absolute atomic E-state index is 0.173. The van der Waals surface area contributed by atoms with E-state index in [1.165, 1.54) is 0 Å². The highest BCUT2D eigenvalue weighted by Crippen LogP contribution is 2.58. The van der Waals surface area contributed by atoms with E-state index in [4.69, 9.17) is 9.47 Å². The zero-order valence-corrected chi connectivity index (χ0v) is 12.7. The van der Waals surface area contributed by atoms with E-state index >= 15 is 0 Å². The highest BCUT2D eigenvalue weighted by Gasteiger charge is 2.50. The third-order valence-corrected chi connectivity index (χ3v) is 5.19. The van der Waals surface area contributed by atoms with Gasteiger partial charge in [0.25, 0.3) is 0 Å². The van der Waals surface area contributed by atoms with Crippen LogP contribution in [0.25, 0.3) is 0 Å². The summed E-state index contributed by atoms with van der Waals surface area (Å²) >= 11 is 3.67. The molecule has 1 fully saturated rings. The first-order valence-corrected chi connectivity index (χ1v) is 7.72. The molecule has 0 saturated heterocycles. The maximum absolute atomic E-state index is 10.6. The van der Waals surface area contributed by atoms with Gasteiger partial charge in [-0.3, -0.25) is 0 Å². The third-order valence-electron chi connectivity index (χ3n) is 4.35. The Bertz CT molecular complexity index is 538. The lowest BCUT2D eigenvalue weighted by atomic mass is 9.93. The maximum Gasteiger partial charge on any atom is 0.138 e. The van der Waals surface area contributed by atoms with Gasteiger partial charge in [-0.25, -0.2) is 0 Å². The Kier molecular flexibility index (Phi) is 2.32. The van der Waals surface area contributed by atoms with Crippen molar-refractivity contribution in [2.45, 2.75) is 57.3 Å². The first kappa shape index (κ1) is 12.0. The van der Waals surface area contributed by atoms with Gasteiger partial charge in [0.05, 0.1) is 10.1 Å². The molecule has 0 bridgehead atoms. The zero-order chi connectivity index (χ0) is 13.4. The summed E-state index contributed by atoms with van der Waals surface area (Å²) < 4.78 is 13.0. The van der Waals surface area contributed by atoms with Crippen LogP contribution in [0, 0.1) is 0 Å². The summed E-state index contributed by atoms with van der Waals surface area (Å²) in [7, 11) is 0. The fraction of sp³-hybridized carbons (Fsp3) is 0.600. The molecule has 1 N–H and O–H groups in total. The quantitative estimate of drug-likeness (QED) is 0.862. The molecule has 102 valence electrons. The molecule has 1 aromatic rings. The maximum atomic E-state index is 10.6. The van der Waals surface area contributed by atoms with Gasteiger partial charge >= 0.3 is 0 Å². The van der Waals surface area contributed by atoms with Crippen molar-refractivity contribution < 1.29 is 14.6 Å². The Morgan fingerprint density at radius 2 is 1.63 bits per heavy atom. The number of hydrogen-bond acceptors (Lipinski definition) is 3. The van der Waals surface area contributed by atoms with Crippen LogP contribution in [0.2, 0.25) is 0 Å². The molecule has 1 aliphatic carbocycles. The number of hydrogen-bond donors (Lipinski definition) is 1. The Balaban J connectivity index is 2.00. The van der Waals surface area contributed by atoms with E-state index in [-0.39, 0.29) is 12.2 Å². The minimum Gasteiger partial charge on any atom is -0.490 e. The van der Waals surface area contributed by atoms with Crippen LogP contribution in [0.5, 0.6) is 11.5 Å². The van der Waals surface area contributed by atoms with E-state index in [9.17, 15) is 5.11 Å². The molecule has 1 aromatic carbocycles. The molecule has 4 heteroatoms. The van der Waals surface area contributed by atoms with Gasteiger partial charge in [0.1, 0.15) is 23.7 Å². The van der Waals surface area contributed by atoms with Crippen molar-refractivity contribution in [1.82, 2.24) is 0 Å². The molecular weight excluding hydrogens is 308 g/mol. The second kappa shape index (κ2) is 3.67. The van der Waals surface area contributed by atoms with Crippen molar-refractivity contribution in [2.75, 3.05) is 0 Å². The normalized spacial score (nSPS) is 29.5. The average Bonchev–Trinajstić information content (AvgIpc) is 2.79. The van der Waals surface area contributed by atoms with Crippen molar-refractivity contribution in [2.24, 2.45) is 0 Å². The molecule has 2 atom stereocenters. The van der Waals surface area contributed by atoms with Gasteiger partial charge in [0, 0.05) is 29.5 Å². The first-order chi connectivity index (χ1) is 8.99. The molecule has 0 aromatic heterocycles. The van der Waals surface area contributed by atoms with Crippen LogP contribution >= 0.6 is 15.9 Å². The molecular formula is C15H17BrO3. The topological polar surface area (TPSA) is 38.7 Å². The number of ether oxygens (including phenoxy) is 2. The summed E-state index contributed by atoms with van der Waals surface area (Å²) in [5, 5.41) is 10.6. The number of fused-ring (bicyclic) bond motifs is 2. The summed E-state index contributed by atoms with van der Waals surface area (Å²) in [5.41, 5.74) is 2.64. The molecule has 0 spiro atoms. The van der Waals surface area contributed by atoms with Gasteiger partial charge in [0.15, 0.2) is 0 Å². The number of benzene rings is 1. The average molecular weight is 325 g/mol. The molecule has 3 aliphatic rings. The van der Waals surface area contributed by atoms with Crippen molar-refractivity contribution in [3.05, 3.63) is 21.2 Å². The zero-order valence-electron chi connectivity index (χ0n) is 11.1. The number of halogens is 1. The molecule has 2 unspecified atom stereocenters. The summed E-state index contributed by atoms with van der Waals surface area (Å²) in [6.45, 7) is 4.14. The van der Waals surface area contributed by atoms with E-state index in [0.717, 1.165) is 58.3 Å². The van der Waals surface area contributed by atoms with E-state index in [0.29, 0.717) is 0 Å². The molecule has 2 heterocycles. The summed E-state index contributed by atoms with van der Waals surface area (Å²) in [5.74, 6) is 1.84. The first-order valence-electron chi connectivity index (χ1n) is 6.93. The van der Waals surface area contributed by atoms with Crippen LogP contribution in [-0.4, -0.2) is 17.3 Å². The van der Waals surface area contributed by atoms with Crippen molar-refractivity contribution in [3.8, 4) is 11.5 Å². The molecule has 0 radical (unpaired) electrons. The molecule has 2 aliphatic heterocycles. The van der Waals surface area contributed by atoms with Crippen LogP contribution in [0.1, 0.15) is 43.4 Å². The smallest absolute Gasteiger partial charge is 0.138 e. The Labute approximate surface area is 121 Å². The standard InChI is InChI=1S/C15H17BrO3/c1-7-5-9-11(15(17)3-4-15)13-10(6-8(2)18-13)12(16)14(9)19-7/h7-8,17H,3-6H2,1-2H3. The predicted molar refractivity (Wildman–Crippen MR) is 74.9 cm³/mol. The van der Waals surface area contributed by atoms with Crippen LogP contribution in [0.4, 0.5) is 0 Å². The van der Waals surface area contributed by atoms with E-state index in [1.54, 1.807) is 0 Å². The van der Waals surface area contributed by atoms with Crippen molar-refractivity contribution >= 4 is 15.9 Å². The largest absolute Gasteiger partial charge is 0.490 e. The van der Waals surface area contributed by atoms with Crippen molar-refractivity contribution in [3.63, 3.8) is 0 Å². The highest BCUT2D eigenvalue weighted by molar-refractivity contribution is 9.10. The van der Waals surface area contributed by atoms with Gasteiger partial charge in [-0.1, -0.05) is 0 Å². The lowest BCUT2D eigenvalue weighted by Gasteiger charge is -2.18. The molecule has 19 heavy (non-hydrogen) atoms. The van der Waals surface area contributed by atoms with Crippen molar-refractivity contribution in [1.29, 1.82) is 0 Å². The minimum atomic E-state index is -0.674. The van der Waals surface area contributed by atoms with Gasteiger partial charge in [0.2, 0.25) is 0 Å². The predicted octanol–water partition coefficient (Wildman–Crippen LogP) is 3.08. The Hall–Kier alpha value is -0.740. The molecule has 1 saturated carbocycles. The summed E-state index contributed by atoms with van der Waals surface area (Å²) in [6, 6.07) is 0. The van der Waals surface area contributed by atoms with E-state index in [1.807, 2.05) is 0 Å². The van der Waals surface area contributed by atoms with Crippen LogP contribution in [0.15, 0.2) is 4.47 Å². The van der Waals surface area contributed by atoms with Crippen LogP contribution in [-0.2, 0) is 18.4 Å². The number of aliphatic hydroxyl groups is 1. The highest BCUT2D eigenvalue weighted by atomic mass is 79.9. The number of rotatable bonds is 1. The SMILES string of the molecule is CC1Cc2c(c(Br)c3c(c2C2(O)CC2)OC(C)C3)O1. The molecule has 4 rings (SSSR count). The van der Waals surface area contributed by atoms with Gasteiger partial charge in [-0.15, -0.1) is 0 Å². The van der Waals surface area contributed by atoms with E-state index < -0.39 is 5.60 Å². The summed E-state index contributed by atoms with van der Waals surface area (Å²) in [4.78, 5) is 0. The van der Waals surface area contributed by atoms with Crippen LogP contribution < -0.4 is 9.47 Å². The molecule has 0 amide bonds. The fourth-order valence-corrected chi connectivity index (χ4v) is 4.00. The van der Waals surface area contributed by atoms with Gasteiger partial charge in [-0.05, 0) is 42.6 Å². The van der Waals surface area contributed by atoms with Crippen LogP contribution in [0.3, 0.4) is 0 Å². The van der Waals surface area contributed by atoms with Gasteiger partial charge < -0.3 is 14.6 Å². The Morgan fingerprint density at radius 1 is 1.05 bits per heavy atom. The Morgan fingerprint density at radius 3 is 2.26 bits per heavy atom. The molecule has 3 nitrogen and oxygen atoms in total. The second-order valence-corrected chi connectivity index (χ2v) is 6.89. The fourth-order valence-electron chi connectivity index (χ4n) is 3.32. The third kappa shape index (κ3) is 1.59. The summed E-state index contributed by atoms with van der Waals surface area (Å²) in [6.07, 6.45) is 3.75. The monoisotopic (exact) mass is 324 g/mol. The second-order valence-electron chi connectivity index (χ2n) is 6.10. The lowest BCUT2D eigenvalue weighted by Crippen LogP contribution is -2.12. The van der Waals surface area contributed by atoms with E-state index in [2.05, 4.69) is 29.8 Å². The lowest BCUT2D eigenvalue weighted by molar-refractivity contribution is 0.143. The van der Waals surface area contributed by atoms with Gasteiger partial charge in [-0.2, -0.15) is 0 Å².